The fraction of sp³-hybridized carbons (Fsp3) is 0.533. The largest absolute Gasteiger partial charge is 0.389 e. The van der Waals surface area contributed by atoms with Crippen LogP contribution in [0.25, 0.3) is 0 Å². The smallest absolute Gasteiger partial charge is 0.185 e. The Morgan fingerprint density at radius 2 is 1.95 bits per heavy atom. The van der Waals surface area contributed by atoms with Gasteiger partial charge in [-0.1, -0.05) is 56.8 Å². The summed E-state index contributed by atoms with van der Waals surface area (Å²) in [6, 6.07) is 7.59. The van der Waals surface area contributed by atoms with Crippen molar-refractivity contribution >= 4 is 16.9 Å². The lowest BCUT2D eigenvalue weighted by Gasteiger charge is -2.22. The molecule has 106 valence electrons. The summed E-state index contributed by atoms with van der Waals surface area (Å²) in [6.45, 7) is 7.74. The summed E-state index contributed by atoms with van der Waals surface area (Å²) >= 11 is 1.02. The van der Waals surface area contributed by atoms with Crippen molar-refractivity contribution in [3.63, 3.8) is 0 Å². The molecule has 1 aromatic carbocycles. The minimum absolute atomic E-state index is 0.00514. The van der Waals surface area contributed by atoms with Gasteiger partial charge in [0.05, 0.1) is 6.10 Å². The lowest BCUT2D eigenvalue weighted by molar-refractivity contribution is -0.109. The zero-order chi connectivity index (χ0) is 14.6. The van der Waals surface area contributed by atoms with Gasteiger partial charge in [-0.25, -0.2) is 0 Å². The first-order chi connectivity index (χ1) is 8.71. The Labute approximate surface area is 119 Å². The Kier molecular flexibility index (Phi) is 5.59. The highest BCUT2D eigenvalue weighted by atomic mass is 32.2. The molecule has 3 nitrogen and oxygen atoms in total. The average Bonchev–Trinajstić information content (AvgIpc) is 2.34. The summed E-state index contributed by atoms with van der Waals surface area (Å²) in [5.74, 6) is 0.205. The maximum absolute atomic E-state index is 10.9. The molecule has 0 amide bonds. The number of aliphatic hydroxyl groups excluding tert-OH is 2. The van der Waals surface area contributed by atoms with E-state index in [0.717, 1.165) is 17.3 Å². The standard InChI is InChI=1S/C15H22O3S/c1-10(16)19-9-13(17)14(18)11-6-5-7-12(8-11)15(2,3)4/h5-8,13-14,17-18H,9H2,1-4H3. The highest BCUT2D eigenvalue weighted by Crippen LogP contribution is 2.27. The lowest BCUT2D eigenvalue weighted by Crippen LogP contribution is -2.22. The molecule has 0 radical (unpaired) electrons. The van der Waals surface area contributed by atoms with E-state index >= 15 is 0 Å². The average molecular weight is 282 g/mol. The molecule has 0 saturated heterocycles. The maximum atomic E-state index is 10.9. The van der Waals surface area contributed by atoms with E-state index in [9.17, 15) is 15.0 Å². The van der Waals surface area contributed by atoms with Gasteiger partial charge >= 0.3 is 0 Å². The molecule has 0 bridgehead atoms. The van der Waals surface area contributed by atoms with Crippen molar-refractivity contribution in [1.29, 1.82) is 0 Å². The monoisotopic (exact) mass is 282 g/mol. The molecule has 2 atom stereocenters. The summed E-state index contributed by atoms with van der Waals surface area (Å²) in [5.41, 5.74) is 1.79. The highest BCUT2D eigenvalue weighted by Gasteiger charge is 2.21. The van der Waals surface area contributed by atoms with Crippen LogP contribution in [-0.4, -0.2) is 27.2 Å². The second-order valence-corrected chi connectivity index (χ2v) is 6.89. The van der Waals surface area contributed by atoms with Crippen LogP contribution in [0.1, 0.15) is 44.9 Å². The molecule has 0 heterocycles. The molecule has 0 fully saturated rings. The van der Waals surface area contributed by atoms with E-state index in [0.29, 0.717) is 5.56 Å². The number of hydrogen-bond donors (Lipinski definition) is 2. The number of thioether (sulfide) groups is 1. The van der Waals surface area contributed by atoms with E-state index in [2.05, 4.69) is 20.8 Å². The van der Waals surface area contributed by atoms with Crippen molar-refractivity contribution < 1.29 is 15.0 Å². The normalized spacial score (nSPS) is 15.1. The molecular formula is C15H22O3S. The zero-order valence-electron chi connectivity index (χ0n) is 11.9. The summed E-state index contributed by atoms with van der Waals surface area (Å²) in [6.07, 6.45) is -1.90. The third kappa shape index (κ3) is 4.97. The van der Waals surface area contributed by atoms with Crippen LogP contribution in [0.3, 0.4) is 0 Å². The van der Waals surface area contributed by atoms with Gasteiger partial charge in [-0.3, -0.25) is 4.79 Å². The van der Waals surface area contributed by atoms with Crippen molar-refractivity contribution in [2.75, 3.05) is 5.75 Å². The Morgan fingerprint density at radius 3 is 2.47 bits per heavy atom. The van der Waals surface area contributed by atoms with E-state index < -0.39 is 12.2 Å². The number of benzene rings is 1. The Morgan fingerprint density at radius 1 is 1.32 bits per heavy atom. The molecular weight excluding hydrogens is 260 g/mol. The molecule has 1 rings (SSSR count). The van der Waals surface area contributed by atoms with Gasteiger partial charge in [-0.2, -0.15) is 0 Å². The number of carbonyl (C=O) groups is 1. The van der Waals surface area contributed by atoms with Crippen molar-refractivity contribution in [3.8, 4) is 0 Å². The number of aliphatic hydroxyl groups is 2. The summed E-state index contributed by atoms with van der Waals surface area (Å²) in [4.78, 5) is 10.9. The minimum atomic E-state index is -0.964. The van der Waals surface area contributed by atoms with E-state index in [-0.39, 0.29) is 16.3 Å². The van der Waals surface area contributed by atoms with Gasteiger partial charge in [0.2, 0.25) is 0 Å². The first-order valence-electron chi connectivity index (χ1n) is 6.31. The SMILES string of the molecule is CC(=O)SCC(O)C(O)c1cccc(C(C)(C)C)c1. The third-order valence-electron chi connectivity index (χ3n) is 2.92. The van der Waals surface area contributed by atoms with Crippen LogP contribution in [0, 0.1) is 0 Å². The Balaban J connectivity index is 2.82. The molecule has 19 heavy (non-hydrogen) atoms. The van der Waals surface area contributed by atoms with Gasteiger partial charge in [0.1, 0.15) is 6.10 Å². The van der Waals surface area contributed by atoms with Crippen molar-refractivity contribution in [1.82, 2.24) is 0 Å². The second kappa shape index (κ2) is 6.55. The molecule has 0 aliphatic rings. The summed E-state index contributed by atoms with van der Waals surface area (Å²) in [5, 5.41) is 19.9. The van der Waals surface area contributed by atoms with Crippen LogP contribution in [0.2, 0.25) is 0 Å². The van der Waals surface area contributed by atoms with E-state index in [4.69, 9.17) is 0 Å². The van der Waals surface area contributed by atoms with E-state index in [1.54, 1.807) is 6.07 Å². The van der Waals surface area contributed by atoms with Crippen LogP contribution < -0.4 is 0 Å². The van der Waals surface area contributed by atoms with Crippen molar-refractivity contribution in [2.24, 2.45) is 0 Å². The quantitative estimate of drug-likeness (QED) is 0.891. The van der Waals surface area contributed by atoms with Gasteiger partial charge in [-0.15, -0.1) is 0 Å². The minimum Gasteiger partial charge on any atom is -0.389 e. The van der Waals surface area contributed by atoms with Crippen molar-refractivity contribution in [2.45, 2.75) is 45.3 Å². The Hall–Kier alpha value is -0.840. The predicted octanol–water partition coefficient (Wildman–Crippen LogP) is 2.66. The summed E-state index contributed by atoms with van der Waals surface area (Å²) in [7, 11) is 0. The lowest BCUT2D eigenvalue weighted by atomic mass is 9.85. The molecule has 0 aromatic heterocycles. The Bertz CT molecular complexity index is 437. The molecule has 0 aliphatic carbocycles. The third-order valence-corrected chi connectivity index (χ3v) is 3.83. The maximum Gasteiger partial charge on any atom is 0.185 e. The topological polar surface area (TPSA) is 57.5 Å². The zero-order valence-corrected chi connectivity index (χ0v) is 12.7. The predicted molar refractivity (Wildman–Crippen MR) is 79.2 cm³/mol. The number of rotatable bonds is 4. The van der Waals surface area contributed by atoms with Crippen LogP contribution in [-0.2, 0) is 10.2 Å². The van der Waals surface area contributed by atoms with E-state index in [1.807, 2.05) is 18.2 Å². The van der Waals surface area contributed by atoms with Gasteiger partial charge < -0.3 is 10.2 Å². The van der Waals surface area contributed by atoms with Crippen LogP contribution >= 0.6 is 11.8 Å². The first-order valence-corrected chi connectivity index (χ1v) is 7.30. The molecule has 0 saturated carbocycles. The molecule has 2 unspecified atom stereocenters. The van der Waals surface area contributed by atoms with Gasteiger partial charge in [-0.05, 0) is 16.5 Å². The van der Waals surface area contributed by atoms with Crippen molar-refractivity contribution in [3.05, 3.63) is 35.4 Å². The highest BCUT2D eigenvalue weighted by molar-refractivity contribution is 8.13. The number of carbonyl (C=O) groups excluding carboxylic acids is 1. The van der Waals surface area contributed by atoms with Gasteiger partial charge in [0, 0.05) is 12.7 Å². The molecule has 0 aliphatic heterocycles. The van der Waals surface area contributed by atoms with Gasteiger partial charge in [0.25, 0.3) is 0 Å². The molecule has 2 N–H and O–H groups in total. The van der Waals surface area contributed by atoms with Crippen LogP contribution in [0.5, 0.6) is 0 Å². The fourth-order valence-corrected chi connectivity index (χ4v) is 2.29. The fourth-order valence-electron chi connectivity index (χ4n) is 1.71. The molecule has 1 aromatic rings. The van der Waals surface area contributed by atoms with E-state index in [1.165, 1.54) is 6.92 Å². The van der Waals surface area contributed by atoms with Gasteiger partial charge in [0.15, 0.2) is 5.12 Å². The second-order valence-electron chi connectivity index (χ2n) is 5.69. The first kappa shape index (κ1) is 16.2. The van der Waals surface area contributed by atoms with Crippen LogP contribution in [0.4, 0.5) is 0 Å². The molecule has 4 heteroatoms. The molecule has 0 spiro atoms. The number of hydrogen-bond acceptors (Lipinski definition) is 4. The summed E-state index contributed by atoms with van der Waals surface area (Å²) < 4.78 is 0. The van der Waals surface area contributed by atoms with Crippen LogP contribution in [0.15, 0.2) is 24.3 Å².